The lowest BCUT2D eigenvalue weighted by atomic mass is 9.75. The zero-order chi connectivity index (χ0) is 15.3. The summed E-state index contributed by atoms with van der Waals surface area (Å²) >= 11 is 6.06. The third-order valence-corrected chi connectivity index (χ3v) is 5.43. The van der Waals surface area contributed by atoms with E-state index >= 15 is 0 Å². The zero-order valence-electron chi connectivity index (χ0n) is 12.9. The lowest BCUT2D eigenvalue weighted by molar-refractivity contribution is 0.424. The monoisotopic (exact) mass is 309 g/mol. The number of allylic oxidation sites excluding steroid dienone is 2. The fourth-order valence-corrected chi connectivity index (χ4v) is 4.17. The van der Waals surface area contributed by atoms with E-state index in [0.717, 1.165) is 11.4 Å². The molecule has 0 spiro atoms. The van der Waals surface area contributed by atoms with Gasteiger partial charge < -0.3 is 5.32 Å². The highest BCUT2D eigenvalue weighted by Crippen LogP contribution is 2.51. The van der Waals surface area contributed by atoms with Gasteiger partial charge in [-0.1, -0.05) is 48.0 Å². The zero-order valence-corrected chi connectivity index (χ0v) is 13.7. The van der Waals surface area contributed by atoms with Crippen molar-refractivity contribution in [3.63, 3.8) is 0 Å². The van der Waals surface area contributed by atoms with Crippen LogP contribution in [-0.2, 0) is 0 Å². The summed E-state index contributed by atoms with van der Waals surface area (Å²) in [6.07, 6.45) is 5.88. The van der Waals surface area contributed by atoms with Crippen molar-refractivity contribution in [2.45, 2.75) is 32.2 Å². The first kappa shape index (κ1) is 13.9. The van der Waals surface area contributed by atoms with Crippen molar-refractivity contribution in [2.24, 2.45) is 5.92 Å². The van der Waals surface area contributed by atoms with Gasteiger partial charge in [0.1, 0.15) is 0 Å². The minimum Gasteiger partial charge on any atom is -0.377 e. The van der Waals surface area contributed by atoms with Crippen molar-refractivity contribution in [1.82, 2.24) is 0 Å². The summed E-state index contributed by atoms with van der Waals surface area (Å²) in [5.74, 6) is 1.12. The molecule has 1 aliphatic heterocycles. The Morgan fingerprint density at radius 3 is 2.50 bits per heavy atom. The summed E-state index contributed by atoms with van der Waals surface area (Å²) in [7, 11) is 0. The topological polar surface area (TPSA) is 12.0 Å². The van der Waals surface area contributed by atoms with Crippen LogP contribution in [0.4, 0.5) is 5.69 Å². The van der Waals surface area contributed by atoms with Crippen LogP contribution in [0.15, 0.2) is 48.6 Å². The number of halogens is 1. The second-order valence-electron chi connectivity index (χ2n) is 6.52. The molecule has 0 unspecified atom stereocenters. The summed E-state index contributed by atoms with van der Waals surface area (Å²) in [5, 5.41) is 4.63. The van der Waals surface area contributed by atoms with Crippen molar-refractivity contribution >= 4 is 17.3 Å². The van der Waals surface area contributed by atoms with Crippen molar-refractivity contribution in [2.75, 3.05) is 5.32 Å². The molecule has 0 bridgehead atoms. The summed E-state index contributed by atoms with van der Waals surface area (Å²) in [4.78, 5) is 0. The molecule has 4 rings (SSSR count). The van der Waals surface area contributed by atoms with E-state index in [1.165, 1.54) is 27.9 Å². The van der Waals surface area contributed by atoms with Gasteiger partial charge in [-0.2, -0.15) is 0 Å². The maximum absolute atomic E-state index is 6.06. The largest absolute Gasteiger partial charge is 0.377 e. The molecule has 22 heavy (non-hydrogen) atoms. The molecule has 0 saturated carbocycles. The minimum atomic E-state index is 0.352. The van der Waals surface area contributed by atoms with E-state index in [2.05, 4.69) is 55.6 Å². The van der Waals surface area contributed by atoms with E-state index in [0.29, 0.717) is 17.9 Å². The third-order valence-electron chi connectivity index (χ3n) is 5.18. The molecule has 2 heteroatoms. The molecule has 0 aromatic heterocycles. The van der Waals surface area contributed by atoms with Crippen molar-refractivity contribution in [3.8, 4) is 0 Å². The number of rotatable bonds is 1. The van der Waals surface area contributed by atoms with Gasteiger partial charge in [-0.3, -0.25) is 0 Å². The van der Waals surface area contributed by atoms with Crippen LogP contribution in [0.3, 0.4) is 0 Å². The highest BCUT2D eigenvalue weighted by molar-refractivity contribution is 6.30. The molecular formula is C20H20ClN. The molecule has 2 aromatic rings. The molecule has 1 nitrogen and oxygen atoms in total. The number of fused-ring (bicyclic) bond motifs is 3. The Hall–Kier alpha value is -1.73. The van der Waals surface area contributed by atoms with Gasteiger partial charge in [0.25, 0.3) is 0 Å². The highest BCUT2D eigenvalue weighted by Gasteiger charge is 2.39. The Bertz CT molecular complexity index is 745. The Labute approximate surface area is 137 Å². The van der Waals surface area contributed by atoms with E-state index in [1.807, 2.05) is 12.1 Å². The number of benzene rings is 2. The standard InChI is InChI=1S/C20H20ClN/c1-12-6-7-13(2)19-18(12)16-4-3-5-17(16)20(22-19)14-8-10-15(21)11-9-14/h3-4,6-11,16-17,20,22H,5H2,1-2H3/t16-,17-,20+/m0/s1. The molecular weight excluding hydrogens is 290 g/mol. The van der Waals surface area contributed by atoms with E-state index in [1.54, 1.807) is 0 Å². The number of aryl methyl sites for hydroxylation is 2. The van der Waals surface area contributed by atoms with Gasteiger partial charge in [-0.25, -0.2) is 0 Å². The first-order valence-electron chi connectivity index (χ1n) is 7.94. The summed E-state index contributed by atoms with van der Waals surface area (Å²) in [6.45, 7) is 4.43. The molecule has 3 atom stereocenters. The van der Waals surface area contributed by atoms with Gasteiger partial charge in [0.15, 0.2) is 0 Å². The second-order valence-corrected chi connectivity index (χ2v) is 6.95. The molecule has 0 fully saturated rings. The van der Waals surface area contributed by atoms with Crippen molar-refractivity contribution < 1.29 is 0 Å². The van der Waals surface area contributed by atoms with E-state index < -0.39 is 0 Å². The summed E-state index contributed by atoms with van der Waals surface area (Å²) < 4.78 is 0. The van der Waals surface area contributed by atoms with E-state index in [-0.39, 0.29) is 0 Å². The third kappa shape index (κ3) is 2.07. The first-order valence-corrected chi connectivity index (χ1v) is 8.31. The van der Waals surface area contributed by atoms with E-state index in [9.17, 15) is 0 Å². The van der Waals surface area contributed by atoms with Crippen molar-refractivity contribution in [3.05, 3.63) is 75.8 Å². The molecule has 0 amide bonds. The fourth-order valence-electron chi connectivity index (χ4n) is 4.04. The highest BCUT2D eigenvalue weighted by atomic mass is 35.5. The van der Waals surface area contributed by atoms with Crippen molar-refractivity contribution in [1.29, 1.82) is 0 Å². The number of hydrogen-bond acceptors (Lipinski definition) is 1. The molecule has 1 heterocycles. The van der Waals surface area contributed by atoms with Gasteiger partial charge in [0.2, 0.25) is 0 Å². The van der Waals surface area contributed by atoms with Crippen LogP contribution in [0.2, 0.25) is 5.02 Å². The molecule has 2 aliphatic rings. The molecule has 2 aromatic carbocycles. The molecule has 0 radical (unpaired) electrons. The molecule has 1 aliphatic carbocycles. The van der Waals surface area contributed by atoms with Crippen LogP contribution in [0.1, 0.15) is 40.6 Å². The molecule has 1 N–H and O–H groups in total. The van der Waals surface area contributed by atoms with Crippen LogP contribution in [0.25, 0.3) is 0 Å². The predicted molar refractivity (Wildman–Crippen MR) is 93.7 cm³/mol. The Morgan fingerprint density at radius 2 is 1.73 bits per heavy atom. The van der Waals surface area contributed by atoms with Crippen LogP contribution in [0.5, 0.6) is 0 Å². The SMILES string of the molecule is Cc1ccc(C)c2c1N[C@H](c1ccc(Cl)cc1)[C@H]1CC=C[C@H]21. The Morgan fingerprint density at radius 1 is 1.00 bits per heavy atom. The first-order chi connectivity index (χ1) is 10.6. The summed E-state index contributed by atoms with van der Waals surface area (Å²) in [6, 6.07) is 13.1. The number of anilines is 1. The maximum Gasteiger partial charge on any atom is 0.0554 e. The van der Waals surface area contributed by atoms with Gasteiger partial charge >= 0.3 is 0 Å². The fraction of sp³-hybridized carbons (Fsp3) is 0.300. The van der Waals surface area contributed by atoms with Crippen LogP contribution in [0, 0.1) is 19.8 Å². The minimum absolute atomic E-state index is 0.352. The van der Waals surface area contributed by atoms with Gasteiger partial charge in [-0.15, -0.1) is 0 Å². The number of hydrogen-bond donors (Lipinski definition) is 1. The average molecular weight is 310 g/mol. The van der Waals surface area contributed by atoms with Gasteiger partial charge in [0.05, 0.1) is 6.04 Å². The smallest absolute Gasteiger partial charge is 0.0554 e. The Balaban J connectivity index is 1.84. The van der Waals surface area contributed by atoms with Gasteiger partial charge in [0, 0.05) is 16.6 Å². The second kappa shape index (κ2) is 5.17. The molecule has 112 valence electrons. The number of nitrogens with one attached hydrogen (secondary N) is 1. The van der Waals surface area contributed by atoms with Gasteiger partial charge in [-0.05, 0) is 60.6 Å². The van der Waals surface area contributed by atoms with Crippen LogP contribution < -0.4 is 5.32 Å². The lowest BCUT2D eigenvalue weighted by Crippen LogP contribution is -2.30. The summed E-state index contributed by atoms with van der Waals surface area (Å²) in [5.41, 5.74) is 6.87. The normalized spacial score (nSPS) is 25.5. The van der Waals surface area contributed by atoms with E-state index in [4.69, 9.17) is 11.6 Å². The van der Waals surface area contributed by atoms with Crippen LogP contribution in [-0.4, -0.2) is 0 Å². The quantitative estimate of drug-likeness (QED) is 0.658. The lowest BCUT2D eigenvalue weighted by Gasteiger charge is -2.39. The average Bonchev–Trinajstić information content (AvgIpc) is 3.00. The maximum atomic E-state index is 6.06. The molecule has 0 saturated heterocycles. The Kier molecular flexibility index (Phi) is 3.27. The van der Waals surface area contributed by atoms with Crippen LogP contribution >= 0.6 is 11.6 Å². The predicted octanol–water partition coefficient (Wildman–Crippen LogP) is 5.78.